The van der Waals surface area contributed by atoms with Crippen LogP contribution in [0, 0.1) is 11.3 Å². The van der Waals surface area contributed by atoms with Crippen molar-refractivity contribution in [3.8, 4) is 28.6 Å². The lowest BCUT2D eigenvalue weighted by molar-refractivity contribution is 0.920. The fourth-order valence-corrected chi connectivity index (χ4v) is 4.11. The standard InChI is InChI=1S/C31H30N4/c1-3-5-23-7-9-24(10-8-23)21-29(6-4-2)35-28-17-15-27(16-18-28)31-30(33-19-20-34-31)26-13-11-25(22-32)12-14-26/h6-20,35H,3-5,21H2,1-2H3/b29-6-. The predicted molar refractivity (Wildman–Crippen MR) is 144 cm³/mol. The molecular formula is C31H30N4. The maximum Gasteiger partial charge on any atom is 0.0991 e. The zero-order chi connectivity index (χ0) is 24.5. The number of rotatable bonds is 9. The lowest BCUT2D eigenvalue weighted by atomic mass is 10.0. The second-order valence-corrected chi connectivity index (χ2v) is 8.53. The fourth-order valence-electron chi connectivity index (χ4n) is 4.11. The zero-order valence-electron chi connectivity index (χ0n) is 20.3. The van der Waals surface area contributed by atoms with Gasteiger partial charge in [0.1, 0.15) is 0 Å². The Morgan fingerprint density at radius 3 is 1.91 bits per heavy atom. The second-order valence-electron chi connectivity index (χ2n) is 8.53. The molecule has 0 aliphatic heterocycles. The molecule has 0 aliphatic carbocycles. The molecule has 4 nitrogen and oxygen atoms in total. The van der Waals surface area contributed by atoms with Crippen LogP contribution in [0.1, 0.15) is 43.4 Å². The lowest BCUT2D eigenvalue weighted by Gasteiger charge is -2.13. The van der Waals surface area contributed by atoms with Crippen LogP contribution in [-0.4, -0.2) is 9.97 Å². The van der Waals surface area contributed by atoms with Crippen molar-refractivity contribution < 1.29 is 0 Å². The van der Waals surface area contributed by atoms with Gasteiger partial charge in [-0.05, 0) is 48.2 Å². The average molecular weight is 459 g/mol. The SMILES string of the molecule is CC/C=C(/Cc1ccc(CCC)cc1)Nc1ccc(-c2nccnc2-c2ccc(C#N)cc2)cc1. The first-order chi connectivity index (χ1) is 17.2. The van der Waals surface area contributed by atoms with Gasteiger partial charge in [0, 0.05) is 41.3 Å². The highest BCUT2D eigenvalue weighted by atomic mass is 14.9. The number of nitrogens with zero attached hydrogens (tertiary/aromatic N) is 3. The number of aromatic nitrogens is 2. The number of hydrogen-bond acceptors (Lipinski definition) is 4. The van der Waals surface area contributed by atoms with Crippen LogP contribution < -0.4 is 5.32 Å². The van der Waals surface area contributed by atoms with Crippen LogP contribution in [0.2, 0.25) is 0 Å². The maximum atomic E-state index is 9.08. The summed E-state index contributed by atoms with van der Waals surface area (Å²) in [5.41, 5.74) is 9.12. The van der Waals surface area contributed by atoms with Crippen LogP contribution >= 0.6 is 0 Å². The minimum atomic E-state index is 0.627. The Hall–Kier alpha value is -4.23. The van der Waals surface area contributed by atoms with Crippen molar-refractivity contribution in [3.63, 3.8) is 0 Å². The van der Waals surface area contributed by atoms with Crippen LogP contribution in [0.25, 0.3) is 22.5 Å². The first-order valence-corrected chi connectivity index (χ1v) is 12.2. The number of allylic oxidation sites excluding steroid dienone is 2. The van der Waals surface area contributed by atoms with Gasteiger partial charge in [0.25, 0.3) is 0 Å². The van der Waals surface area contributed by atoms with E-state index in [2.05, 4.69) is 89.8 Å². The molecule has 0 unspecified atom stereocenters. The molecular weight excluding hydrogens is 428 g/mol. The molecule has 4 rings (SSSR count). The summed E-state index contributed by atoms with van der Waals surface area (Å²) < 4.78 is 0. The number of nitrogens with one attached hydrogen (secondary N) is 1. The van der Waals surface area contributed by atoms with Crippen LogP contribution in [0.4, 0.5) is 5.69 Å². The third-order valence-corrected chi connectivity index (χ3v) is 5.86. The van der Waals surface area contributed by atoms with E-state index in [1.807, 2.05) is 12.1 Å². The Bertz CT molecular complexity index is 1310. The highest BCUT2D eigenvalue weighted by Gasteiger charge is 2.11. The number of benzene rings is 3. The molecule has 3 aromatic carbocycles. The molecule has 4 aromatic rings. The van der Waals surface area contributed by atoms with E-state index < -0.39 is 0 Å². The molecule has 1 heterocycles. The molecule has 0 fully saturated rings. The van der Waals surface area contributed by atoms with Gasteiger partial charge in [-0.3, -0.25) is 9.97 Å². The minimum Gasteiger partial charge on any atom is -0.359 e. The predicted octanol–water partition coefficient (Wildman–Crippen LogP) is 7.58. The molecule has 35 heavy (non-hydrogen) atoms. The molecule has 0 amide bonds. The van der Waals surface area contributed by atoms with Gasteiger partial charge in [-0.2, -0.15) is 5.26 Å². The molecule has 1 aromatic heterocycles. The Labute approximate surface area is 208 Å². The van der Waals surface area contributed by atoms with Crippen molar-refractivity contribution in [1.82, 2.24) is 9.97 Å². The quantitative estimate of drug-likeness (QED) is 0.281. The Balaban J connectivity index is 1.51. The van der Waals surface area contributed by atoms with Crippen molar-refractivity contribution in [2.45, 2.75) is 39.5 Å². The van der Waals surface area contributed by atoms with Crippen molar-refractivity contribution in [2.75, 3.05) is 5.32 Å². The second kappa shape index (κ2) is 11.8. The summed E-state index contributed by atoms with van der Waals surface area (Å²) in [5.74, 6) is 0. The minimum absolute atomic E-state index is 0.627. The maximum absolute atomic E-state index is 9.08. The molecule has 174 valence electrons. The van der Waals surface area contributed by atoms with Crippen molar-refractivity contribution in [3.05, 3.63) is 114 Å². The molecule has 0 atom stereocenters. The van der Waals surface area contributed by atoms with Crippen LogP contribution in [0.3, 0.4) is 0 Å². The molecule has 0 aliphatic rings. The van der Waals surface area contributed by atoms with E-state index in [9.17, 15) is 0 Å². The highest BCUT2D eigenvalue weighted by molar-refractivity contribution is 5.78. The number of nitriles is 1. The third-order valence-electron chi connectivity index (χ3n) is 5.86. The molecule has 0 bridgehead atoms. The molecule has 0 radical (unpaired) electrons. The van der Waals surface area contributed by atoms with E-state index in [0.29, 0.717) is 5.56 Å². The van der Waals surface area contributed by atoms with Crippen molar-refractivity contribution in [1.29, 1.82) is 5.26 Å². The van der Waals surface area contributed by atoms with E-state index in [-0.39, 0.29) is 0 Å². The van der Waals surface area contributed by atoms with Gasteiger partial charge in [0.2, 0.25) is 0 Å². The number of anilines is 1. The van der Waals surface area contributed by atoms with E-state index in [4.69, 9.17) is 5.26 Å². The van der Waals surface area contributed by atoms with E-state index >= 15 is 0 Å². The Morgan fingerprint density at radius 2 is 1.37 bits per heavy atom. The van der Waals surface area contributed by atoms with Gasteiger partial charge in [-0.25, -0.2) is 0 Å². The normalized spacial score (nSPS) is 11.2. The number of aryl methyl sites for hydroxylation is 1. The van der Waals surface area contributed by atoms with Gasteiger partial charge in [0.05, 0.1) is 23.0 Å². The van der Waals surface area contributed by atoms with Crippen molar-refractivity contribution >= 4 is 5.69 Å². The Kier molecular flexibility index (Phi) is 8.04. The van der Waals surface area contributed by atoms with Gasteiger partial charge >= 0.3 is 0 Å². The molecule has 1 N–H and O–H groups in total. The molecule has 0 saturated heterocycles. The summed E-state index contributed by atoms with van der Waals surface area (Å²) in [7, 11) is 0. The summed E-state index contributed by atoms with van der Waals surface area (Å²) in [5, 5.41) is 12.7. The lowest BCUT2D eigenvalue weighted by Crippen LogP contribution is -2.03. The van der Waals surface area contributed by atoms with Crippen LogP contribution in [-0.2, 0) is 12.8 Å². The highest BCUT2D eigenvalue weighted by Crippen LogP contribution is 2.29. The van der Waals surface area contributed by atoms with E-state index in [0.717, 1.165) is 47.5 Å². The van der Waals surface area contributed by atoms with Gasteiger partial charge in [-0.15, -0.1) is 0 Å². The summed E-state index contributed by atoms with van der Waals surface area (Å²) in [4.78, 5) is 9.18. The summed E-state index contributed by atoms with van der Waals surface area (Å²) in [6.07, 6.45) is 9.80. The monoisotopic (exact) mass is 458 g/mol. The molecule has 0 saturated carbocycles. The van der Waals surface area contributed by atoms with Crippen LogP contribution in [0.15, 0.2) is 97.0 Å². The van der Waals surface area contributed by atoms with Crippen molar-refractivity contribution in [2.24, 2.45) is 0 Å². The van der Waals surface area contributed by atoms with E-state index in [1.54, 1.807) is 24.5 Å². The van der Waals surface area contributed by atoms with Gasteiger partial charge in [-0.1, -0.05) is 74.9 Å². The molecule has 0 spiro atoms. The smallest absolute Gasteiger partial charge is 0.0991 e. The first-order valence-electron chi connectivity index (χ1n) is 12.2. The summed E-state index contributed by atoms with van der Waals surface area (Å²) >= 11 is 0. The summed E-state index contributed by atoms with van der Waals surface area (Å²) in [6.45, 7) is 4.37. The zero-order valence-corrected chi connectivity index (χ0v) is 20.3. The van der Waals surface area contributed by atoms with Crippen LogP contribution in [0.5, 0.6) is 0 Å². The van der Waals surface area contributed by atoms with Gasteiger partial charge < -0.3 is 5.32 Å². The largest absolute Gasteiger partial charge is 0.359 e. The third kappa shape index (κ3) is 6.22. The molecule has 4 heteroatoms. The summed E-state index contributed by atoms with van der Waals surface area (Å²) in [6, 6.07) is 26.9. The fraction of sp³-hybridized carbons (Fsp3) is 0.194. The topological polar surface area (TPSA) is 61.6 Å². The van der Waals surface area contributed by atoms with Gasteiger partial charge in [0.15, 0.2) is 0 Å². The average Bonchev–Trinajstić information content (AvgIpc) is 2.91. The first kappa shape index (κ1) is 23.9. The van der Waals surface area contributed by atoms with E-state index in [1.165, 1.54) is 23.2 Å². The number of hydrogen-bond donors (Lipinski definition) is 1. The Morgan fingerprint density at radius 1 is 0.800 bits per heavy atom.